The molecule has 2 saturated carbocycles. The van der Waals surface area contributed by atoms with Gasteiger partial charge in [0.2, 0.25) is 0 Å². The molecule has 8 aromatic heterocycles. The number of hydrogen-bond acceptors (Lipinski definition) is 10. The predicted octanol–water partition coefficient (Wildman–Crippen LogP) is 19.5. The van der Waals surface area contributed by atoms with Crippen LogP contribution in [0.5, 0.6) is 5.75 Å². The molecule has 0 bridgehead atoms. The number of pyridine rings is 4. The van der Waals surface area contributed by atoms with E-state index in [4.69, 9.17) is 20.1 Å². The van der Waals surface area contributed by atoms with Gasteiger partial charge < -0.3 is 37.6 Å². The molecule has 4 radical (unpaired) electrons. The Bertz CT molecular complexity index is 5410. The van der Waals surface area contributed by atoms with E-state index in [1.54, 1.807) is 30.5 Å². The van der Waals surface area contributed by atoms with Crippen LogP contribution in [-0.4, -0.2) is 70.8 Å². The summed E-state index contributed by atoms with van der Waals surface area (Å²) in [5, 5.41) is 27.8. The van der Waals surface area contributed by atoms with Crippen LogP contribution in [0.4, 0.5) is 5.69 Å². The Morgan fingerprint density at radius 3 is 1.53 bits per heavy atom. The second-order valence-electron chi connectivity index (χ2n) is 28.0. The summed E-state index contributed by atoms with van der Waals surface area (Å²) in [7, 11) is 0. The molecular formula is C89H88Ir4N10O4Pt-6. The van der Waals surface area contributed by atoms with Gasteiger partial charge in [0, 0.05) is 174 Å². The minimum Gasteiger partial charge on any atom is -0.512 e. The minimum absolute atomic E-state index is 0. The third-order valence-corrected chi connectivity index (χ3v) is 20.0. The van der Waals surface area contributed by atoms with Crippen LogP contribution >= 0.6 is 0 Å². The van der Waals surface area contributed by atoms with Crippen molar-refractivity contribution in [3.8, 4) is 5.75 Å². The number of aromatic nitrogens is 8. The van der Waals surface area contributed by atoms with Crippen LogP contribution in [0.3, 0.4) is 0 Å². The summed E-state index contributed by atoms with van der Waals surface area (Å²) in [5.74, 6) is 4.68. The molecule has 570 valence electrons. The number of aliphatic hydroxyl groups excluding tert-OH is 1. The monoisotopic (exact) mass is 2330 g/mol. The van der Waals surface area contributed by atoms with Gasteiger partial charge in [-0.1, -0.05) is 89.7 Å². The van der Waals surface area contributed by atoms with E-state index < -0.39 is 0 Å². The topological polar surface area (TPSA) is 150 Å². The molecule has 2 N–H and O–H groups in total. The first-order chi connectivity index (χ1) is 50.1. The van der Waals surface area contributed by atoms with Crippen molar-refractivity contribution >= 4 is 89.0 Å². The number of aliphatic hydroxyl groups is 1. The van der Waals surface area contributed by atoms with Gasteiger partial charge in [0.05, 0.1) is 33.9 Å². The molecule has 18 rings (SSSR count). The Morgan fingerprint density at radius 1 is 0.574 bits per heavy atom. The Labute approximate surface area is 702 Å². The van der Waals surface area contributed by atoms with E-state index in [0.29, 0.717) is 30.2 Å². The maximum atomic E-state index is 12.3. The fourth-order valence-electron chi connectivity index (χ4n) is 13.4. The number of ketones is 2. The number of allylic oxidation sites excluding steroid dienone is 3. The minimum atomic E-state index is -0.0301. The van der Waals surface area contributed by atoms with E-state index >= 15 is 0 Å². The van der Waals surface area contributed by atoms with Crippen LogP contribution in [0.2, 0.25) is 0 Å². The number of anilines is 1. The maximum Gasteiger partial charge on any atom is 0.166 e. The van der Waals surface area contributed by atoms with Crippen molar-refractivity contribution in [3.05, 3.63) is 290 Å². The number of benzene rings is 6. The van der Waals surface area contributed by atoms with E-state index in [2.05, 4.69) is 189 Å². The molecule has 2 aliphatic heterocycles. The summed E-state index contributed by atoms with van der Waals surface area (Å²) >= 11 is 0. The van der Waals surface area contributed by atoms with Crippen molar-refractivity contribution in [2.24, 2.45) is 35.5 Å². The largest absolute Gasteiger partial charge is 0.512 e. The van der Waals surface area contributed by atoms with E-state index in [-0.39, 0.29) is 125 Å². The van der Waals surface area contributed by atoms with Gasteiger partial charge in [0.1, 0.15) is 5.75 Å². The molecule has 10 heterocycles. The van der Waals surface area contributed by atoms with Crippen LogP contribution in [0.25, 0.3) is 71.8 Å². The summed E-state index contributed by atoms with van der Waals surface area (Å²) < 4.78 is 8.19. The average Bonchev–Trinajstić information content (AvgIpc) is 1.63. The first kappa shape index (κ1) is 85.8. The third-order valence-electron chi connectivity index (χ3n) is 20.0. The van der Waals surface area contributed by atoms with Crippen LogP contribution in [0.15, 0.2) is 225 Å². The summed E-state index contributed by atoms with van der Waals surface area (Å²) in [6.07, 6.45) is 35.0. The number of para-hydroxylation sites is 2. The Morgan fingerprint density at radius 2 is 1.04 bits per heavy atom. The first-order valence-corrected chi connectivity index (χ1v) is 36.2. The number of imidazole rings is 4. The molecule has 19 heteroatoms. The van der Waals surface area contributed by atoms with E-state index in [1.807, 2.05) is 105 Å². The maximum absolute atomic E-state index is 12.3. The molecule has 0 amide bonds. The zero-order valence-electron chi connectivity index (χ0n) is 61.4. The van der Waals surface area contributed by atoms with Crippen LogP contribution < -0.4 is 4.90 Å². The number of rotatable bonds is 16. The fourth-order valence-corrected chi connectivity index (χ4v) is 13.4. The van der Waals surface area contributed by atoms with Gasteiger partial charge in [-0.25, -0.2) is 0 Å². The van der Waals surface area contributed by atoms with Crippen molar-refractivity contribution in [1.29, 1.82) is 0 Å². The Balaban J connectivity index is 0.000000168. The molecule has 14 nitrogen and oxygen atoms in total. The zero-order valence-corrected chi connectivity index (χ0v) is 73.3. The van der Waals surface area contributed by atoms with Crippen molar-refractivity contribution in [1.82, 2.24) is 42.4 Å². The number of Topliss-reactive ketones (excluding diaryl/α,β-unsaturated/α-hetero) is 1. The molecule has 0 saturated heterocycles. The molecule has 2 unspecified atom stereocenters. The number of carbonyl (C=O) groups excluding carboxylic acids is 2. The van der Waals surface area contributed by atoms with Crippen molar-refractivity contribution in [2.45, 2.75) is 113 Å². The number of aromatic hydroxyl groups is 1. The number of fused-ring (bicyclic) bond motifs is 15. The molecule has 2 fully saturated rings. The molecule has 14 aromatic rings. The first-order valence-electron chi connectivity index (χ1n) is 36.2. The standard InChI is InChI=1S/C23H21N2O2.C20H21N2O2.C15H13N2.C14H14N2.C11H7N2.C6H12.4Ir.Pt/c1-16(10-11-22(27)20-8-4-5-9-21(20)26)14-18-15-25-13-12-17-6-2-3-7-19(17)23(25)24-18;1-14(7-8-18(24)12-15(2)23)11-17-13-22-10-9-16-5-3-4-6-19(16)20(22)21-17;1-2-4-14-12(3-1)7-8-17-10-13(16-15(14)17)9-11-5-6-11;1-2-9-15-10-13-8-7-12-5-3-4-6-14(12)16(13)11-15;1-2-4-10-9(3-1)5-7-13-8-6-12-11(10)13;1-4-5(2)6(4)3;;;;;/h2-6,8-9,12-13,15-16,26H,10-11,14H2,1H3;3-5,9-10,12-14,23H,7-8,11H2,1-2H3;1-3,7-8,10-11H,5-6,9H2;3-5,7-8,10-11H,2,9H2,1H3;1-3,5-8H;4-6H,1-3H3;;;;;/q3*-1;-2;-1;;;;;;. The number of hydrogen-bond donors (Lipinski definition) is 2. The molecule has 2 atom stereocenters. The summed E-state index contributed by atoms with van der Waals surface area (Å²) in [4.78, 5) is 47.0. The van der Waals surface area contributed by atoms with E-state index in [9.17, 15) is 14.7 Å². The summed E-state index contributed by atoms with van der Waals surface area (Å²) in [5.41, 5.74) is 11.1. The smallest absolute Gasteiger partial charge is 0.166 e. The van der Waals surface area contributed by atoms with Crippen LogP contribution in [0, 0.1) is 72.5 Å². The van der Waals surface area contributed by atoms with Gasteiger partial charge in [-0.3, -0.25) is 29.5 Å². The van der Waals surface area contributed by atoms with Crippen molar-refractivity contribution in [2.75, 3.05) is 11.4 Å². The quantitative estimate of drug-likeness (QED) is 0.0414. The van der Waals surface area contributed by atoms with Gasteiger partial charge in [0.25, 0.3) is 0 Å². The van der Waals surface area contributed by atoms with E-state index in [0.717, 1.165) is 141 Å². The van der Waals surface area contributed by atoms with Crippen molar-refractivity contribution in [3.63, 3.8) is 0 Å². The zero-order chi connectivity index (χ0) is 71.5. The fraction of sp³-hybridized carbons (Fsp3) is 0.270. The van der Waals surface area contributed by atoms with Crippen LogP contribution in [0.1, 0.15) is 126 Å². The summed E-state index contributed by atoms with van der Waals surface area (Å²) in [6, 6.07) is 61.4. The van der Waals surface area contributed by atoms with Gasteiger partial charge in [-0.2, -0.15) is 30.9 Å². The number of carbonyl (C=O) groups is 2. The number of nitrogens with zero attached hydrogens (tertiary/aromatic N) is 10. The van der Waals surface area contributed by atoms with Gasteiger partial charge in [-0.05, 0) is 143 Å². The van der Waals surface area contributed by atoms with Gasteiger partial charge in [-0.15, -0.1) is 152 Å². The van der Waals surface area contributed by atoms with Crippen LogP contribution in [-0.2, 0) is 126 Å². The van der Waals surface area contributed by atoms with Gasteiger partial charge >= 0.3 is 0 Å². The second-order valence-corrected chi connectivity index (χ2v) is 28.0. The molecule has 2 aliphatic carbocycles. The third kappa shape index (κ3) is 21.6. The number of phenolic OH excluding ortho intramolecular Hbond substituents is 1. The van der Waals surface area contributed by atoms with Crippen molar-refractivity contribution < 1.29 is 121 Å². The van der Waals surface area contributed by atoms with Gasteiger partial charge in [0.15, 0.2) is 11.6 Å². The molecule has 4 aliphatic rings. The average molecular weight is 2330 g/mol. The molecule has 6 aromatic carbocycles. The summed E-state index contributed by atoms with van der Waals surface area (Å²) in [6.45, 7) is 18.1. The second kappa shape index (κ2) is 40.2. The normalized spacial score (nSPS) is 15.6. The molecule has 0 spiro atoms. The molecular weight excluding hydrogens is 2240 g/mol. The molecule has 108 heavy (non-hydrogen) atoms. The van der Waals surface area contributed by atoms with E-state index in [1.165, 1.54) is 53.6 Å². The Hall–Kier alpha value is -7.83. The number of phenols is 1. The Kier molecular flexibility index (Phi) is 31.9. The predicted molar refractivity (Wildman–Crippen MR) is 414 cm³/mol. The SMILES string of the molecule is CC(CCC(=O)c1ccccc1O)Cc1cn2ccc3ccc[c-]c3c2n1.CC(O)=CC(=O)CCC(C)Cc1cn2ccc3ccc[c-]c3c2n1.CC1C(C)C1C.CCCN1C=C2C=Cc3ccc[c-]c3N2[CH-]1.[Ir].[Ir].[Ir].[Ir].[Pt].[c-]1cccc2ccn3cc(CC4CC4)nc3c12.[c-]1cccc2ccn3ccnc3c12.